The molecular formula is C11H22N2O. The minimum absolute atomic E-state index is 0.321. The van der Waals surface area contributed by atoms with E-state index in [-0.39, 0.29) is 0 Å². The van der Waals surface area contributed by atoms with Crippen molar-refractivity contribution in [3.63, 3.8) is 0 Å². The van der Waals surface area contributed by atoms with Gasteiger partial charge in [-0.15, -0.1) is 0 Å². The van der Waals surface area contributed by atoms with Crippen LogP contribution < -0.4 is 5.32 Å². The molecule has 0 aromatic rings. The number of hydrogen-bond donors (Lipinski definition) is 1. The van der Waals surface area contributed by atoms with Gasteiger partial charge < -0.3 is 10.2 Å². The summed E-state index contributed by atoms with van der Waals surface area (Å²) in [4.78, 5) is 13.8. The predicted octanol–water partition coefficient (Wildman–Crippen LogP) is 0.897. The molecule has 1 fully saturated rings. The minimum Gasteiger partial charge on any atom is -0.316 e. The van der Waals surface area contributed by atoms with Gasteiger partial charge in [0, 0.05) is 32.0 Å². The molecule has 0 spiro atoms. The number of hydrogen-bond acceptors (Lipinski definition) is 3. The summed E-state index contributed by atoms with van der Waals surface area (Å²) >= 11 is 0. The maximum Gasteiger partial charge on any atom is 0.137 e. The summed E-state index contributed by atoms with van der Waals surface area (Å²) in [5, 5.41) is 3.31. The largest absolute Gasteiger partial charge is 0.316 e. The molecule has 0 aliphatic carbocycles. The number of rotatable bonds is 6. The Labute approximate surface area is 86.9 Å². The van der Waals surface area contributed by atoms with Crippen LogP contribution in [0.5, 0.6) is 0 Å². The monoisotopic (exact) mass is 198 g/mol. The Kier molecular flexibility index (Phi) is 5.12. The standard InChI is InChI=1S/C11H22N2O/c1-3-11(14)10-5-7-13(9-10)8-6-12-4-2/h10,12H,3-9H2,1-2H3. The highest BCUT2D eigenvalue weighted by molar-refractivity contribution is 5.81. The molecular weight excluding hydrogens is 176 g/mol. The number of likely N-dealkylation sites (N-methyl/N-ethyl adjacent to an activating group) is 1. The van der Waals surface area contributed by atoms with E-state index < -0.39 is 0 Å². The van der Waals surface area contributed by atoms with Crippen LogP contribution in [-0.2, 0) is 4.79 Å². The van der Waals surface area contributed by atoms with Gasteiger partial charge in [-0.2, -0.15) is 0 Å². The Balaban J connectivity index is 2.17. The van der Waals surface area contributed by atoms with Crippen molar-refractivity contribution in [2.45, 2.75) is 26.7 Å². The first-order valence-electron chi connectivity index (χ1n) is 5.73. The second-order valence-electron chi connectivity index (χ2n) is 3.96. The van der Waals surface area contributed by atoms with E-state index in [9.17, 15) is 4.79 Å². The van der Waals surface area contributed by atoms with Gasteiger partial charge in [-0.1, -0.05) is 13.8 Å². The molecule has 1 saturated heterocycles. The van der Waals surface area contributed by atoms with Gasteiger partial charge in [-0.05, 0) is 19.5 Å². The lowest BCUT2D eigenvalue weighted by atomic mass is 10.0. The Hall–Kier alpha value is -0.410. The summed E-state index contributed by atoms with van der Waals surface area (Å²) in [5.41, 5.74) is 0. The van der Waals surface area contributed by atoms with E-state index in [0.29, 0.717) is 18.1 Å². The Bertz CT molecular complexity index is 182. The lowest BCUT2D eigenvalue weighted by Crippen LogP contribution is -2.31. The molecule has 1 unspecified atom stereocenters. The summed E-state index contributed by atoms with van der Waals surface area (Å²) < 4.78 is 0. The molecule has 1 N–H and O–H groups in total. The lowest BCUT2D eigenvalue weighted by Gasteiger charge is -2.15. The number of nitrogens with zero attached hydrogens (tertiary/aromatic N) is 1. The van der Waals surface area contributed by atoms with E-state index in [1.807, 2.05) is 6.92 Å². The van der Waals surface area contributed by atoms with E-state index in [4.69, 9.17) is 0 Å². The van der Waals surface area contributed by atoms with Crippen molar-refractivity contribution in [1.82, 2.24) is 10.2 Å². The van der Waals surface area contributed by atoms with Crippen molar-refractivity contribution < 1.29 is 4.79 Å². The quantitative estimate of drug-likeness (QED) is 0.644. The number of carbonyl (C=O) groups excluding carboxylic acids is 1. The fourth-order valence-corrected chi connectivity index (χ4v) is 2.00. The summed E-state index contributed by atoms with van der Waals surface area (Å²) in [5.74, 6) is 0.762. The Morgan fingerprint density at radius 3 is 2.93 bits per heavy atom. The summed E-state index contributed by atoms with van der Waals surface area (Å²) in [6, 6.07) is 0. The first-order valence-corrected chi connectivity index (χ1v) is 5.73. The summed E-state index contributed by atoms with van der Waals surface area (Å²) in [7, 11) is 0. The lowest BCUT2D eigenvalue weighted by molar-refractivity contribution is -0.122. The Morgan fingerprint density at radius 1 is 1.50 bits per heavy atom. The smallest absolute Gasteiger partial charge is 0.137 e. The Morgan fingerprint density at radius 2 is 2.29 bits per heavy atom. The number of likely N-dealkylation sites (tertiary alicyclic amines) is 1. The van der Waals surface area contributed by atoms with Crippen molar-refractivity contribution in [3.8, 4) is 0 Å². The highest BCUT2D eigenvalue weighted by Crippen LogP contribution is 2.17. The van der Waals surface area contributed by atoms with E-state index in [1.165, 1.54) is 0 Å². The fraction of sp³-hybridized carbons (Fsp3) is 0.909. The maximum absolute atomic E-state index is 11.4. The topological polar surface area (TPSA) is 32.3 Å². The van der Waals surface area contributed by atoms with Crippen LogP contribution in [-0.4, -0.2) is 43.4 Å². The zero-order chi connectivity index (χ0) is 10.4. The molecule has 0 amide bonds. The van der Waals surface area contributed by atoms with Crippen LogP contribution in [0.15, 0.2) is 0 Å². The van der Waals surface area contributed by atoms with Crippen molar-refractivity contribution in [2.24, 2.45) is 5.92 Å². The van der Waals surface area contributed by atoms with Gasteiger partial charge in [0.15, 0.2) is 0 Å². The molecule has 82 valence electrons. The van der Waals surface area contributed by atoms with Crippen LogP contribution in [0.3, 0.4) is 0 Å². The molecule has 3 heteroatoms. The average Bonchev–Trinajstić information content (AvgIpc) is 2.66. The SMILES string of the molecule is CCNCCN1CCC(C(=O)CC)C1. The molecule has 14 heavy (non-hydrogen) atoms. The highest BCUT2D eigenvalue weighted by Gasteiger charge is 2.26. The van der Waals surface area contributed by atoms with Gasteiger partial charge in [-0.25, -0.2) is 0 Å². The molecule has 1 atom stereocenters. The minimum atomic E-state index is 0.321. The van der Waals surface area contributed by atoms with Gasteiger partial charge in [0.2, 0.25) is 0 Å². The zero-order valence-electron chi connectivity index (χ0n) is 9.38. The summed E-state index contributed by atoms with van der Waals surface area (Å²) in [6.45, 7) is 9.33. The molecule has 1 rings (SSSR count). The predicted molar refractivity (Wildman–Crippen MR) is 58.4 cm³/mol. The molecule has 0 radical (unpaired) electrons. The molecule has 0 aromatic heterocycles. The molecule has 0 saturated carbocycles. The number of nitrogens with one attached hydrogen (secondary N) is 1. The number of ketones is 1. The van der Waals surface area contributed by atoms with E-state index in [1.54, 1.807) is 0 Å². The normalized spacial score (nSPS) is 22.9. The van der Waals surface area contributed by atoms with E-state index in [2.05, 4.69) is 17.1 Å². The van der Waals surface area contributed by atoms with Crippen LogP contribution in [0, 0.1) is 5.92 Å². The van der Waals surface area contributed by atoms with E-state index in [0.717, 1.165) is 39.1 Å². The molecule has 0 aromatic carbocycles. The van der Waals surface area contributed by atoms with Crippen LogP contribution in [0.1, 0.15) is 26.7 Å². The van der Waals surface area contributed by atoms with Gasteiger partial charge in [0.05, 0.1) is 0 Å². The average molecular weight is 198 g/mol. The van der Waals surface area contributed by atoms with Gasteiger partial charge in [0.1, 0.15) is 5.78 Å². The van der Waals surface area contributed by atoms with E-state index >= 15 is 0 Å². The molecule has 1 heterocycles. The third-order valence-electron chi connectivity index (χ3n) is 2.93. The van der Waals surface area contributed by atoms with Crippen LogP contribution >= 0.6 is 0 Å². The van der Waals surface area contributed by atoms with Crippen molar-refractivity contribution in [1.29, 1.82) is 0 Å². The molecule has 3 nitrogen and oxygen atoms in total. The maximum atomic E-state index is 11.4. The number of Topliss-reactive ketones (excluding diaryl/α,β-unsaturated/α-hetero) is 1. The van der Waals surface area contributed by atoms with Crippen molar-refractivity contribution in [2.75, 3.05) is 32.7 Å². The second-order valence-corrected chi connectivity index (χ2v) is 3.96. The highest BCUT2D eigenvalue weighted by atomic mass is 16.1. The van der Waals surface area contributed by atoms with Gasteiger partial charge >= 0.3 is 0 Å². The van der Waals surface area contributed by atoms with Crippen LogP contribution in [0.2, 0.25) is 0 Å². The third kappa shape index (κ3) is 3.39. The molecule has 0 bridgehead atoms. The van der Waals surface area contributed by atoms with Gasteiger partial charge in [-0.3, -0.25) is 4.79 Å². The summed E-state index contributed by atoms with van der Waals surface area (Å²) in [6.07, 6.45) is 1.77. The third-order valence-corrected chi connectivity index (χ3v) is 2.93. The van der Waals surface area contributed by atoms with Gasteiger partial charge in [0.25, 0.3) is 0 Å². The van der Waals surface area contributed by atoms with Crippen molar-refractivity contribution >= 4 is 5.78 Å². The van der Waals surface area contributed by atoms with Crippen LogP contribution in [0.4, 0.5) is 0 Å². The molecule has 1 aliphatic heterocycles. The molecule has 1 aliphatic rings. The zero-order valence-corrected chi connectivity index (χ0v) is 9.38. The first kappa shape index (κ1) is 11.7. The second kappa shape index (κ2) is 6.14. The first-order chi connectivity index (χ1) is 6.77. The van der Waals surface area contributed by atoms with Crippen LogP contribution in [0.25, 0.3) is 0 Å². The fourth-order valence-electron chi connectivity index (χ4n) is 2.00. The number of carbonyl (C=O) groups is 1. The van der Waals surface area contributed by atoms with Crippen molar-refractivity contribution in [3.05, 3.63) is 0 Å².